The minimum atomic E-state index is -1.09. The first-order valence-electron chi connectivity index (χ1n) is 38.2. The molecular weight excluding hydrogens is 1860 g/mol. The SMILES string of the molecule is C.C.NC(=O)C(Cc1ccccc1)N1CCCNC(=O)CCCN(C(=O)C[N-]C(=O)C[N-]C(=O)C[N-]C(=O)C[S-])C(Cc2ccccc2)C(=O)NC2CSSCC(C2)C1=O.NC(=O)C(Cc1ccccc1)N1CCCNC(=O)CCCN(C(=O)C[N-]C(=O)C[N-]C(=O)C[N-]C(=O)C[S-])C(Cc2ccccc2)C(=O)NC2CSSCC(C2)C1=O.[H+].[H+].[O]=[99Tc+4].[O]=[99Tc+4]. The van der Waals surface area contributed by atoms with Gasteiger partial charge in [-0.15, -0.1) is 11.5 Å². The van der Waals surface area contributed by atoms with Crippen LogP contribution in [0.5, 0.6) is 0 Å². The standard InChI is InChI=1S/2C39H52N8O8S3.2CH4.2O.2Tc/c2*40-37(53)30(17-26-9-3-1-4-10-26)47-16-8-14-41-32(48)13-7-15-46(36(52)22-44-34(50)20-42-33(49)21-43-35(51)23-56)31(18-27-11-5-2-6-12-27)38(54)45-29-19-28(39(47)55)24-57-58-25-29;;;;;;/h2*1-6,9-12,28-31H,7-8,13-25H2,(H8,40,41,42,43,44,45,48,49,50,51,53,54,56);2*1H4;;;;/q;;;;;;2*+4/p-6/i;;;;;;2*1+1. The number of carbonyl (C=O) groups is 16. The maximum absolute atomic E-state index is 14.4. The fourth-order valence-electron chi connectivity index (χ4n) is 13.0. The van der Waals surface area contributed by atoms with Crippen LogP contribution in [0, 0.1) is 11.8 Å². The van der Waals surface area contributed by atoms with Gasteiger partial charge >= 0.3 is 47.6 Å². The van der Waals surface area contributed by atoms with Crippen molar-refractivity contribution in [3.8, 4) is 0 Å². The molecule has 8 atom stereocenters. The molecule has 0 aromatic heterocycles. The van der Waals surface area contributed by atoms with E-state index >= 15 is 0 Å². The third kappa shape index (κ3) is 39.5. The van der Waals surface area contributed by atoms with E-state index in [-0.39, 0.29) is 156 Å². The quantitative estimate of drug-likeness (QED) is 0.0362. The number of nitrogens with zero attached hydrogens (tertiary/aromatic N) is 10. The van der Waals surface area contributed by atoms with Crippen LogP contribution in [0.2, 0.25) is 0 Å². The number of hydrogen-bond donors (Lipinski definition) is 6. The van der Waals surface area contributed by atoms with Gasteiger partial charge in [0.25, 0.3) is 0 Å². The summed E-state index contributed by atoms with van der Waals surface area (Å²) in [7, 11) is 6.01. The predicted molar refractivity (Wildman–Crippen MR) is 466 cm³/mol. The zero-order chi connectivity index (χ0) is 87.7. The van der Waals surface area contributed by atoms with Gasteiger partial charge in [-0.25, -0.2) is 0 Å². The minimum absolute atomic E-state index is 0. The van der Waals surface area contributed by atoms with Crippen LogP contribution in [0.3, 0.4) is 0 Å². The fraction of sp³-hybridized carbons (Fsp3) is 0.500. The number of fused-ring (bicyclic) bond motifs is 4. The Hall–Kier alpha value is -8.60. The van der Waals surface area contributed by atoms with Gasteiger partial charge in [-0.05, 0) is 73.9 Å². The van der Waals surface area contributed by atoms with Gasteiger partial charge in [0.15, 0.2) is 0 Å². The molecule has 0 aliphatic carbocycles. The summed E-state index contributed by atoms with van der Waals surface area (Å²) in [5.41, 5.74) is 15.0. The number of primary amides is 2. The van der Waals surface area contributed by atoms with Gasteiger partial charge in [-0.1, -0.05) is 206 Å². The summed E-state index contributed by atoms with van der Waals surface area (Å²) < 4.78 is 16.4. The van der Waals surface area contributed by atoms with E-state index in [1.54, 1.807) is 24.3 Å². The summed E-state index contributed by atoms with van der Waals surface area (Å²) in [6.45, 7) is -3.06. The van der Waals surface area contributed by atoms with E-state index in [9.17, 15) is 76.7 Å². The van der Waals surface area contributed by atoms with Crippen LogP contribution in [0.1, 0.15) is 91.3 Å². The molecule has 8 N–H and O–H groups in total. The summed E-state index contributed by atoms with van der Waals surface area (Å²) in [6, 6.07) is 31.7. The van der Waals surface area contributed by atoms with Gasteiger partial charge in [0, 0.05) is 160 Å². The van der Waals surface area contributed by atoms with Gasteiger partial charge < -0.3 is 138 Å². The first-order valence-corrected chi connectivity index (χ1v) is 45.8. The molecule has 8 rings (SSSR count). The van der Waals surface area contributed by atoms with Gasteiger partial charge in [-0.3, -0.25) is 47.9 Å². The van der Waals surface area contributed by atoms with Crippen LogP contribution in [0.15, 0.2) is 121 Å². The Morgan fingerprint density at radius 2 is 0.713 bits per heavy atom. The third-order valence-electron chi connectivity index (χ3n) is 18.8. The Balaban J connectivity index is 0.00000116. The van der Waals surface area contributed by atoms with Crippen molar-refractivity contribution in [2.24, 2.45) is 23.3 Å². The molecule has 4 fully saturated rings. The van der Waals surface area contributed by atoms with E-state index in [4.69, 9.17) is 18.5 Å². The van der Waals surface area contributed by atoms with Crippen molar-refractivity contribution in [3.05, 3.63) is 175 Å². The number of amides is 16. The zero-order valence-corrected chi connectivity index (χ0v) is 74.2. The van der Waals surface area contributed by atoms with Crippen LogP contribution in [-0.4, -0.2) is 263 Å². The monoisotopic (exact) mass is 1970 g/mol. The normalized spacial score (nSPS) is 19.4. The van der Waals surface area contributed by atoms with Gasteiger partial charge in [-0.2, -0.15) is 0 Å². The van der Waals surface area contributed by atoms with E-state index in [1.807, 2.05) is 97.1 Å². The molecule has 16 amide bonds. The molecule has 0 spiro atoms. The average Bonchev–Trinajstić information content (AvgIpc) is 1.65. The molecular formula is C80H106N16O18S6Tc2+2. The second-order valence-corrected chi connectivity index (χ2v) is 33.1. The van der Waals surface area contributed by atoms with Gasteiger partial charge in [0.1, 0.15) is 24.2 Å². The van der Waals surface area contributed by atoms with Crippen LogP contribution >= 0.6 is 43.2 Å². The molecule has 4 aromatic carbocycles. The predicted octanol–water partition coefficient (Wildman–Crippen LogP) is 4.83. The maximum atomic E-state index is 14.4. The van der Waals surface area contributed by atoms with Crippen molar-refractivity contribution < 1.29 is 124 Å². The summed E-state index contributed by atoms with van der Waals surface area (Å²) in [5.74, 6) is -9.47. The average molecular weight is 1970 g/mol. The van der Waals surface area contributed by atoms with Crippen molar-refractivity contribution in [1.82, 2.24) is 40.9 Å². The third-order valence-corrected chi connectivity index (χ3v) is 24.4. The van der Waals surface area contributed by atoms with Crippen LogP contribution in [0.25, 0.3) is 31.9 Å². The summed E-state index contributed by atoms with van der Waals surface area (Å²) >= 11 is 10.9. The number of carbonyl (C=O) groups excluding carboxylic acids is 16. The number of rotatable bonds is 26. The molecule has 4 bridgehead atoms. The van der Waals surface area contributed by atoms with Crippen molar-refractivity contribution in [1.29, 1.82) is 0 Å². The first kappa shape index (κ1) is 108. The van der Waals surface area contributed by atoms with E-state index in [0.29, 0.717) is 35.9 Å². The van der Waals surface area contributed by atoms with Gasteiger partial charge in [0.05, 0.1) is 0 Å². The molecule has 662 valence electrons. The van der Waals surface area contributed by atoms with Crippen molar-refractivity contribution in [2.75, 3.05) is 113 Å². The van der Waals surface area contributed by atoms with E-state index in [0.717, 1.165) is 60.0 Å². The van der Waals surface area contributed by atoms with Crippen molar-refractivity contribution in [3.63, 3.8) is 0 Å². The summed E-state index contributed by atoms with van der Waals surface area (Å²) in [5, 5.41) is 33.5. The number of nitrogens with two attached hydrogens (primary N) is 2. The van der Waals surface area contributed by atoms with Crippen LogP contribution in [-0.2, 0) is 172 Å². The molecule has 4 aliphatic rings. The number of nitrogens with one attached hydrogen (secondary N) is 4. The molecule has 0 saturated carbocycles. The topological polar surface area (TPSA) is 505 Å². The molecule has 4 heterocycles. The van der Waals surface area contributed by atoms with Crippen molar-refractivity contribution >= 4 is 163 Å². The molecule has 4 aromatic rings. The van der Waals surface area contributed by atoms with Crippen LogP contribution in [0.4, 0.5) is 0 Å². The molecule has 4 saturated heterocycles. The van der Waals surface area contributed by atoms with Crippen LogP contribution < -0.4 is 32.7 Å². The molecule has 42 heteroatoms. The number of benzene rings is 4. The first-order chi connectivity index (χ1) is 57.9. The van der Waals surface area contributed by atoms with Gasteiger partial charge in [0.2, 0.25) is 59.1 Å². The number of hydrogen-bond acceptors (Lipinski definition) is 24. The molecule has 0 radical (unpaired) electrons. The Bertz CT molecular complexity index is 3810. The summed E-state index contributed by atoms with van der Waals surface area (Å²) in [6.07, 6.45) is 2.19. The Labute approximate surface area is 762 Å². The Morgan fingerprint density at radius 1 is 0.418 bits per heavy atom. The molecule has 34 nitrogen and oxygen atoms in total. The van der Waals surface area contributed by atoms with E-state index in [1.165, 1.54) is 62.8 Å². The fourth-order valence-corrected chi connectivity index (χ4v) is 18.3. The Morgan fingerprint density at radius 3 is 1.02 bits per heavy atom. The zero-order valence-electron chi connectivity index (χ0n) is 67.6. The molecule has 8 unspecified atom stereocenters. The second-order valence-electron chi connectivity index (χ2n) is 27.4. The van der Waals surface area contributed by atoms with Crippen molar-refractivity contribution in [2.45, 2.75) is 128 Å². The Kier molecular flexibility index (Phi) is 53.7. The van der Waals surface area contributed by atoms with E-state index < -0.39 is 158 Å². The molecule has 4 aliphatic heterocycles. The summed E-state index contributed by atoms with van der Waals surface area (Å²) in [4.78, 5) is 215. The molecule has 122 heavy (non-hydrogen) atoms. The van der Waals surface area contributed by atoms with E-state index in [2.05, 4.69) is 78.4 Å². The second kappa shape index (κ2) is 60.9.